The summed E-state index contributed by atoms with van der Waals surface area (Å²) >= 11 is 0. The Hall–Kier alpha value is -1.75. The Balaban J connectivity index is 2.16. The number of amides is 1. The molecule has 1 aliphatic heterocycles. The van der Waals surface area contributed by atoms with Crippen molar-refractivity contribution in [2.75, 3.05) is 30.8 Å². The zero-order chi connectivity index (χ0) is 13.8. The van der Waals surface area contributed by atoms with Crippen LogP contribution in [0.3, 0.4) is 0 Å². The number of hydrogen-bond acceptors (Lipinski definition) is 4. The van der Waals surface area contributed by atoms with Crippen molar-refractivity contribution in [2.24, 2.45) is 0 Å². The molecule has 3 N–H and O–H groups in total. The Kier molecular flexibility index (Phi) is 4.27. The Labute approximate surface area is 113 Å². The normalized spacial score (nSPS) is 18.1. The topological polar surface area (TPSA) is 67.6 Å². The van der Waals surface area contributed by atoms with Gasteiger partial charge in [0, 0.05) is 12.2 Å². The van der Waals surface area contributed by atoms with Crippen molar-refractivity contribution in [3.8, 4) is 5.75 Å². The van der Waals surface area contributed by atoms with Gasteiger partial charge < -0.3 is 20.7 Å². The van der Waals surface area contributed by atoms with Crippen LogP contribution in [0.15, 0.2) is 18.2 Å². The van der Waals surface area contributed by atoms with Crippen LogP contribution < -0.4 is 20.7 Å². The van der Waals surface area contributed by atoms with E-state index in [1.165, 1.54) is 0 Å². The summed E-state index contributed by atoms with van der Waals surface area (Å²) in [6, 6.07) is 5.42. The Morgan fingerprint density at radius 3 is 2.95 bits per heavy atom. The summed E-state index contributed by atoms with van der Waals surface area (Å²) in [6.07, 6.45) is 1.56. The zero-order valence-corrected chi connectivity index (χ0v) is 11.5. The van der Waals surface area contributed by atoms with Crippen LogP contribution in [-0.4, -0.2) is 32.1 Å². The van der Waals surface area contributed by atoms with Gasteiger partial charge in [0.05, 0.1) is 5.69 Å². The second kappa shape index (κ2) is 5.93. The standard InChI is InChI=1S/C14H21N3O2/c1-10-14(18)17(8-4-3-7-16-2)12-9-11(15)5-6-13(12)19-10/h5-6,9-10,16H,3-4,7-8,15H2,1-2H3. The molecule has 1 heterocycles. The molecule has 0 fully saturated rings. The molecular formula is C14H21N3O2. The SMILES string of the molecule is CNCCCCN1C(=O)C(C)Oc2ccc(N)cc21. The molecule has 0 saturated carbocycles. The fraction of sp³-hybridized carbons (Fsp3) is 0.500. The fourth-order valence-electron chi connectivity index (χ4n) is 2.23. The van der Waals surface area contributed by atoms with E-state index in [0.717, 1.165) is 30.8 Å². The lowest BCUT2D eigenvalue weighted by Crippen LogP contribution is -2.45. The highest BCUT2D eigenvalue weighted by Crippen LogP contribution is 2.35. The largest absolute Gasteiger partial charge is 0.479 e. The third-order valence-electron chi connectivity index (χ3n) is 3.25. The molecule has 104 valence electrons. The Morgan fingerprint density at radius 2 is 2.21 bits per heavy atom. The van der Waals surface area contributed by atoms with Gasteiger partial charge >= 0.3 is 0 Å². The first kappa shape index (κ1) is 13.7. The number of unbranched alkanes of at least 4 members (excludes halogenated alkanes) is 1. The van der Waals surface area contributed by atoms with Gasteiger partial charge in [0.2, 0.25) is 0 Å². The molecule has 0 bridgehead atoms. The number of anilines is 2. The van der Waals surface area contributed by atoms with E-state index < -0.39 is 6.10 Å². The van der Waals surface area contributed by atoms with E-state index >= 15 is 0 Å². The van der Waals surface area contributed by atoms with E-state index in [0.29, 0.717) is 12.2 Å². The van der Waals surface area contributed by atoms with Crippen molar-refractivity contribution in [3.63, 3.8) is 0 Å². The van der Waals surface area contributed by atoms with E-state index in [1.54, 1.807) is 24.0 Å². The number of hydrogen-bond donors (Lipinski definition) is 2. The number of nitrogens with zero attached hydrogens (tertiary/aromatic N) is 1. The Bertz CT molecular complexity index is 462. The van der Waals surface area contributed by atoms with Crippen LogP contribution >= 0.6 is 0 Å². The van der Waals surface area contributed by atoms with Gasteiger partial charge in [0.25, 0.3) is 5.91 Å². The maximum absolute atomic E-state index is 12.2. The molecule has 5 heteroatoms. The number of benzene rings is 1. The van der Waals surface area contributed by atoms with Crippen LogP contribution in [0, 0.1) is 0 Å². The van der Waals surface area contributed by atoms with E-state index in [4.69, 9.17) is 10.5 Å². The molecule has 0 aliphatic carbocycles. The number of nitrogen functional groups attached to an aromatic ring is 1. The molecule has 0 aromatic heterocycles. The van der Waals surface area contributed by atoms with Crippen LogP contribution in [0.25, 0.3) is 0 Å². The maximum atomic E-state index is 12.2. The van der Waals surface area contributed by atoms with Crippen LogP contribution in [0.1, 0.15) is 19.8 Å². The van der Waals surface area contributed by atoms with Crippen LogP contribution in [0.4, 0.5) is 11.4 Å². The first-order valence-electron chi connectivity index (χ1n) is 6.65. The summed E-state index contributed by atoms with van der Waals surface area (Å²) < 4.78 is 5.60. The van der Waals surface area contributed by atoms with Gasteiger partial charge in [0.15, 0.2) is 6.10 Å². The molecule has 2 rings (SSSR count). The van der Waals surface area contributed by atoms with Crippen LogP contribution in [0.5, 0.6) is 5.75 Å². The van der Waals surface area contributed by atoms with Gasteiger partial charge in [-0.2, -0.15) is 0 Å². The molecule has 0 saturated heterocycles. The average Bonchev–Trinajstić information content (AvgIpc) is 2.39. The number of carbonyl (C=O) groups is 1. The van der Waals surface area contributed by atoms with E-state index in [1.807, 2.05) is 13.1 Å². The van der Waals surface area contributed by atoms with Crippen molar-refractivity contribution in [1.82, 2.24) is 5.32 Å². The maximum Gasteiger partial charge on any atom is 0.267 e. The number of rotatable bonds is 5. The second-order valence-corrected chi connectivity index (χ2v) is 4.79. The second-order valence-electron chi connectivity index (χ2n) is 4.79. The van der Waals surface area contributed by atoms with Gasteiger partial charge in [-0.3, -0.25) is 4.79 Å². The molecule has 0 radical (unpaired) electrons. The molecule has 1 aromatic rings. The van der Waals surface area contributed by atoms with E-state index in [2.05, 4.69) is 5.32 Å². The lowest BCUT2D eigenvalue weighted by molar-refractivity contribution is -0.125. The van der Waals surface area contributed by atoms with E-state index in [9.17, 15) is 4.79 Å². The quantitative estimate of drug-likeness (QED) is 0.622. The average molecular weight is 263 g/mol. The molecule has 1 aliphatic rings. The van der Waals surface area contributed by atoms with E-state index in [-0.39, 0.29) is 5.91 Å². The summed E-state index contributed by atoms with van der Waals surface area (Å²) in [6.45, 7) is 3.44. The minimum Gasteiger partial charge on any atom is -0.479 e. The highest BCUT2D eigenvalue weighted by molar-refractivity contribution is 6.00. The summed E-state index contributed by atoms with van der Waals surface area (Å²) in [5, 5.41) is 3.11. The minimum absolute atomic E-state index is 0.00237. The molecule has 1 atom stereocenters. The third kappa shape index (κ3) is 2.98. The monoisotopic (exact) mass is 263 g/mol. The summed E-state index contributed by atoms with van der Waals surface area (Å²) in [5.74, 6) is 0.734. The minimum atomic E-state index is -0.430. The van der Waals surface area contributed by atoms with Crippen molar-refractivity contribution < 1.29 is 9.53 Å². The molecule has 0 spiro atoms. The number of nitrogens with one attached hydrogen (secondary N) is 1. The fourth-order valence-corrected chi connectivity index (χ4v) is 2.23. The number of fused-ring (bicyclic) bond motifs is 1. The lowest BCUT2D eigenvalue weighted by Gasteiger charge is -2.33. The number of nitrogens with two attached hydrogens (primary N) is 1. The van der Waals surface area contributed by atoms with Crippen LogP contribution in [-0.2, 0) is 4.79 Å². The predicted molar refractivity (Wildman–Crippen MR) is 76.5 cm³/mol. The molecular weight excluding hydrogens is 242 g/mol. The highest BCUT2D eigenvalue weighted by atomic mass is 16.5. The van der Waals surface area contributed by atoms with Crippen molar-refractivity contribution in [1.29, 1.82) is 0 Å². The first-order chi connectivity index (χ1) is 9.13. The van der Waals surface area contributed by atoms with Crippen molar-refractivity contribution in [2.45, 2.75) is 25.9 Å². The Morgan fingerprint density at radius 1 is 1.42 bits per heavy atom. The number of carbonyl (C=O) groups excluding carboxylic acids is 1. The van der Waals surface area contributed by atoms with Gasteiger partial charge in [-0.1, -0.05) is 0 Å². The summed E-state index contributed by atoms with van der Waals surface area (Å²) in [7, 11) is 1.93. The zero-order valence-electron chi connectivity index (χ0n) is 11.5. The molecule has 1 aromatic carbocycles. The van der Waals surface area contributed by atoms with Crippen molar-refractivity contribution in [3.05, 3.63) is 18.2 Å². The first-order valence-corrected chi connectivity index (χ1v) is 6.65. The number of ether oxygens (including phenoxy) is 1. The van der Waals surface area contributed by atoms with Gasteiger partial charge in [-0.05, 0) is 51.6 Å². The molecule has 19 heavy (non-hydrogen) atoms. The predicted octanol–water partition coefficient (Wildman–Crippen LogP) is 1.38. The van der Waals surface area contributed by atoms with Gasteiger partial charge in [0.1, 0.15) is 5.75 Å². The molecule has 1 unspecified atom stereocenters. The summed E-state index contributed by atoms with van der Waals surface area (Å²) in [5.41, 5.74) is 7.23. The highest BCUT2D eigenvalue weighted by Gasteiger charge is 2.30. The third-order valence-corrected chi connectivity index (χ3v) is 3.25. The van der Waals surface area contributed by atoms with Crippen molar-refractivity contribution >= 4 is 17.3 Å². The molecule has 5 nitrogen and oxygen atoms in total. The smallest absolute Gasteiger partial charge is 0.267 e. The summed E-state index contributed by atoms with van der Waals surface area (Å²) in [4.78, 5) is 14.0. The van der Waals surface area contributed by atoms with Gasteiger partial charge in [-0.15, -0.1) is 0 Å². The molecule has 1 amide bonds. The van der Waals surface area contributed by atoms with Crippen LogP contribution in [0.2, 0.25) is 0 Å². The lowest BCUT2D eigenvalue weighted by atomic mass is 10.1. The van der Waals surface area contributed by atoms with Gasteiger partial charge in [-0.25, -0.2) is 0 Å².